The highest BCUT2D eigenvalue weighted by molar-refractivity contribution is 9.09. The number of rotatable bonds is 4. The molecule has 0 heterocycles. The van der Waals surface area contributed by atoms with Gasteiger partial charge in [-0.3, -0.25) is 0 Å². The van der Waals surface area contributed by atoms with Crippen LogP contribution in [0.3, 0.4) is 0 Å². The number of benzene rings is 1. The third-order valence-corrected chi connectivity index (χ3v) is 6.08. The number of alkyl halides is 1. The summed E-state index contributed by atoms with van der Waals surface area (Å²) < 4.78 is 5.50. The molecule has 0 spiro atoms. The Bertz CT molecular complexity index is 456. The molecule has 1 aromatic carbocycles. The lowest BCUT2D eigenvalue weighted by Gasteiger charge is -2.26. The van der Waals surface area contributed by atoms with Crippen LogP contribution in [0, 0.1) is 5.92 Å². The Morgan fingerprint density at radius 1 is 1.10 bits per heavy atom. The van der Waals surface area contributed by atoms with Gasteiger partial charge in [-0.05, 0) is 37.3 Å². The van der Waals surface area contributed by atoms with Crippen LogP contribution in [0.5, 0.6) is 5.75 Å². The second-order valence-corrected chi connectivity index (χ2v) is 7.55. The van der Waals surface area contributed by atoms with Gasteiger partial charge in [0.2, 0.25) is 0 Å². The van der Waals surface area contributed by atoms with Gasteiger partial charge in [-0.25, -0.2) is 0 Å². The van der Waals surface area contributed by atoms with Crippen molar-refractivity contribution in [3.63, 3.8) is 0 Å². The second kappa shape index (κ2) is 8.64. The SMILES string of the molecule is CCOc1cc(Cl)c(C(Br)C2CCCCCCC2)cc1Cl. The monoisotopic (exact) mass is 392 g/mol. The number of halogens is 3. The molecule has 0 bridgehead atoms. The summed E-state index contributed by atoms with van der Waals surface area (Å²) in [6.45, 7) is 2.54. The molecule has 1 atom stereocenters. The van der Waals surface area contributed by atoms with Crippen molar-refractivity contribution < 1.29 is 4.74 Å². The maximum absolute atomic E-state index is 6.46. The van der Waals surface area contributed by atoms with E-state index in [1.807, 2.05) is 19.1 Å². The van der Waals surface area contributed by atoms with Crippen LogP contribution in [0.25, 0.3) is 0 Å². The van der Waals surface area contributed by atoms with Crippen molar-refractivity contribution in [1.29, 1.82) is 0 Å². The molecular weight excluding hydrogens is 371 g/mol. The van der Waals surface area contributed by atoms with E-state index >= 15 is 0 Å². The Kier molecular flexibility index (Phi) is 7.18. The standard InChI is InChI=1S/C17H23BrCl2O/c1-2-21-16-11-14(19)13(10-15(16)20)17(18)12-8-6-4-3-5-7-9-12/h10-12,17H,2-9H2,1H3. The van der Waals surface area contributed by atoms with Gasteiger partial charge in [0, 0.05) is 15.9 Å². The fraction of sp³-hybridized carbons (Fsp3) is 0.647. The van der Waals surface area contributed by atoms with E-state index in [4.69, 9.17) is 27.9 Å². The first kappa shape index (κ1) is 17.4. The molecule has 1 aliphatic rings. The zero-order valence-corrected chi connectivity index (χ0v) is 15.6. The van der Waals surface area contributed by atoms with Crippen molar-refractivity contribution >= 4 is 39.1 Å². The molecule has 1 unspecified atom stereocenters. The van der Waals surface area contributed by atoms with Gasteiger partial charge >= 0.3 is 0 Å². The van der Waals surface area contributed by atoms with Gasteiger partial charge in [0.05, 0.1) is 11.6 Å². The highest BCUT2D eigenvalue weighted by Gasteiger charge is 2.24. The molecule has 0 N–H and O–H groups in total. The number of hydrogen-bond acceptors (Lipinski definition) is 1. The summed E-state index contributed by atoms with van der Waals surface area (Å²) in [5.74, 6) is 1.31. The molecule has 0 amide bonds. The highest BCUT2D eigenvalue weighted by atomic mass is 79.9. The average molecular weight is 394 g/mol. The van der Waals surface area contributed by atoms with Crippen molar-refractivity contribution in [2.75, 3.05) is 6.61 Å². The normalized spacial score (nSPS) is 18.9. The molecule has 1 aliphatic carbocycles. The van der Waals surface area contributed by atoms with E-state index in [1.54, 1.807) is 0 Å². The van der Waals surface area contributed by atoms with Gasteiger partial charge in [0.1, 0.15) is 5.75 Å². The predicted molar refractivity (Wildman–Crippen MR) is 95.1 cm³/mol. The van der Waals surface area contributed by atoms with Gasteiger partial charge in [-0.1, -0.05) is 71.2 Å². The van der Waals surface area contributed by atoms with Crippen LogP contribution in [-0.2, 0) is 0 Å². The third kappa shape index (κ3) is 4.77. The molecule has 4 heteroatoms. The second-order valence-electron chi connectivity index (χ2n) is 5.74. The van der Waals surface area contributed by atoms with Gasteiger partial charge in [-0.2, -0.15) is 0 Å². The Morgan fingerprint density at radius 2 is 1.71 bits per heavy atom. The van der Waals surface area contributed by atoms with Gasteiger partial charge < -0.3 is 4.74 Å². The molecule has 118 valence electrons. The fourth-order valence-electron chi connectivity index (χ4n) is 3.06. The molecule has 1 saturated carbocycles. The van der Waals surface area contributed by atoms with E-state index in [9.17, 15) is 0 Å². The van der Waals surface area contributed by atoms with Crippen molar-refractivity contribution in [3.05, 3.63) is 27.7 Å². The lowest BCUT2D eigenvalue weighted by molar-refractivity contribution is 0.340. The molecule has 1 aromatic rings. The summed E-state index contributed by atoms with van der Waals surface area (Å²) in [4.78, 5) is 0.274. The Hall–Kier alpha value is 0.0800. The van der Waals surface area contributed by atoms with Crippen LogP contribution < -0.4 is 4.74 Å². The predicted octanol–water partition coefficient (Wildman–Crippen LogP) is 7.19. The van der Waals surface area contributed by atoms with Crippen LogP contribution in [-0.4, -0.2) is 6.61 Å². The van der Waals surface area contributed by atoms with Crippen LogP contribution in [0.15, 0.2) is 12.1 Å². The summed E-state index contributed by atoms with van der Waals surface area (Å²) in [6.07, 6.45) is 9.25. The first-order chi connectivity index (χ1) is 10.1. The fourth-order valence-corrected chi connectivity index (χ4v) is 4.59. The molecule has 1 nitrogen and oxygen atoms in total. The van der Waals surface area contributed by atoms with E-state index in [0.717, 1.165) is 10.6 Å². The summed E-state index contributed by atoms with van der Waals surface area (Å²) >= 11 is 16.6. The van der Waals surface area contributed by atoms with Crippen molar-refractivity contribution in [2.24, 2.45) is 5.92 Å². The van der Waals surface area contributed by atoms with Gasteiger partial charge in [0.15, 0.2) is 0 Å². The summed E-state index contributed by atoms with van der Waals surface area (Å²) in [6, 6.07) is 3.81. The van der Waals surface area contributed by atoms with E-state index in [2.05, 4.69) is 15.9 Å². The first-order valence-electron chi connectivity index (χ1n) is 7.89. The number of hydrogen-bond donors (Lipinski definition) is 0. The van der Waals surface area contributed by atoms with Crippen LogP contribution in [0.1, 0.15) is 62.3 Å². The minimum atomic E-state index is 0.274. The lowest BCUT2D eigenvalue weighted by Crippen LogP contribution is -2.10. The average Bonchev–Trinajstić information content (AvgIpc) is 2.42. The first-order valence-corrected chi connectivity index (χ1v) is 9.56. The summed E-state index contributed by atoms with van der Waals surface area (Å²) in [7, 11) is 0. The molecule has 2 rings (SSSR count). The van der Waals surface area contributed by atoms with Crippen LogP contribution >= 0.6 is 39.1 Å². The van der Waals surface area contributed by atoms with Crippen molar-refractivity contribution in [2.45, 2.75) is 56.7 Å². The summed E-state index contributed by atoms with van der Waals surface area (Å²) in [5, 5.41) is 1.39. The Balaban J connectivity index is 2.17. The number of ether oxygens (including phenoxy) is 1. The van der Waals surface area contributed by atoms with Crippen LogP contribution in [0.2, 0.25) is 10.0 Å². The summed E-state index contributed by atoms with van der Waals surface area (Å²) in [5.41, 5.74) is 1.09. The van der Waals surface area contributed by atoms with E-state index in [1.165, 1.54) is 44.9 Å². The molecular formula is C17H23BrCl2O. The van der Waals surface area contributed by atoms with E-state index < -0.39 is 0 Å². The minimum Gasteiger partial charge on any atom is -0.492 e. The van der Waals surface area contributed by atoms with E-state index in [-0.39, 0.29) is 4.83 Å². The van der Waals surface area contributed by atoms with Gasteiger partial charge in [-0.15, -0.1) is 0 Å². The van der Waals surface area contributed by atoms with Crippen molar-refractivity contribution in [3.8, 4) is 5.75 Å². The third-order valence-electron chi connectivity index (χ3n) is 4.21. The Labute approximate surface area is 146 Å². The molecule has 1 fully saturated rings. The molecule has 0 saturated heterocycles. The maximum atomic E-state index is 6.46. The molecule has 0 aromatic heterocycles. The molecule has 0 radical (unpaired) electrons. The quantitative estimate of drug-likeness (QED) is 0.491. The lowest BCUT2D eigenvalue weighted by atomic mass is 9.86. The van der Waals surface area contributed by atoms with E-state index in [0.29, 0.717) is 23.3 Å². The Morgan fingerprint density at radius 3 is 2.33 bits per heavy atom. The topological polar surface area (TPSA) is 9.23 Å². The van der Waals surface area contributed by atoms with Crippen LogP contribution in [0.4, 0.5) is 0 Å². The molecule has 21 heavy (non-hydrogen) atoms. The van der Waals surface area contributed by atoms with Crippen molar-refractivity contribution in [1.82, 2.24) is 0 Å². The minimum absolute atomic E-state index is 0.274. The molecule has 0 aliphatic heterocycles. The largest absolute Gasteiger partial charge is 0.492 e. The maximum Gasteiger partial charge on any atom is 0.139 e. The highest BCUT2D eigenvalue weighted by Crippen LogP contribution is 2.44. The van der Waals surface area contributed by atoms with Gasteiger partial charge in [0.25, 0.3) is 0 Å². The zero-order chi connectivity index (χ0) is 15.2. The smallest absolute Gasteiger partial charge is 0.139 e. The zero-order valence-electron chi connectivity index (χ0n) is 12.5.